The summed E-state index contributed by atoms with van der Waals surface area (Å²) in [5, 5.41) is 3.04. The van der Waals surface area contributed by atoms with Gasteiger partial charge in [0.05, 0.1) is 0 Å². The zero-order valence-electron chi connectivity index (χ0n) is 11.7. The quantitative estimate of drug-likeness (QED) is 0.433. The molecule has 118 valence electrons. The van der Waals surface area contributed by atoms with Gasteiger partial charge in [0.1, 0.15) is 0 Å². The number of anilines is 1. The molecule has 0 amide bonds. The van der Waals surface area contributed by atoms with Crippen LogP contribution < -0.4 is 4.90 Å². The number of rotatable bonds is 3. The van der Waals surface area contributed by atoms with E-state index in [0.717, 1.165) is 24.3 Å². The number of ether oxygens (including phenoxy) is 1. The number of aryl methyl sites for hydroxylation is 2. The van der Waals surface area contributed by atoms with Gasteiger partial charge >= 0.3 is 119 Å². The van der Waals surface area contributed by atoms with Crippen LogP contribution in [0.4, 0.5) is 28.2 Å². The van der Waals surface area contributed by atoms with Crippen LogP contribution in [0.1, 0.15) is 11.1 Å². The Hall–Kier alpha value is -1.27. The van der Waals surface area contributed by atoms with Crippen molar-refractivity contribution < 1.29 is 21.5 Å². The zero-order chi connectivity index (χ0) is 15.7. The Labute approximate surface area is 120 Å². The predicted molar refractivity (Wildman–Crippen MR) is 74.8 cm³/mol. The number of halogens is 4. The molecule has 0 aromatic heterocycles. The summed E-state index contributed by atoms with van der Waals surface area (Å²) in [6.07, 6.45) is 0. The van der Waals surface area contributed by atoms with Crippen LogP contribution in [-0.4, -0.2) is 26.3 Å². The SMILES string of the molecule is Cc1cc(N2CCOCC2)c(C)cc1N=NP(F)(F)(F)F. The molecule has 1 saturated heterocycles. The number of hydrogen-bond donors (Lipinski definition) is 0. The fraction of sp³-hybridized carbons (Fsp3) is 0.500. The van der Waals surface area contributed by atoms with Crippen LogP contribution in [0.15, 0.2) is 22.1 Å². The van der Waals surface area contributed by atoms with E-state index in [1.807, 2.05) is 4.88 Å². The molecule has 0 N–H and O–H groups in total. The second kappa shape index (κ2) is 5.50. The minimum absolute atomic E-state index is 0.0316. The molecule has 1 fully saturated rings. The molecule has 1 aromatic rings. The van der Waals surface area contributed by atoms with E-state index in [9.17, 15) is 16.8 Å². The van der Waals surface area contributed by atoms with E-state index >= 15 is 0 Å². The second-order valence-electron chi connectivity index (χ2n) is 4.90. The molecule has 0 aliphatic carbocycles. The molecular formula is C12H16F4N3OP. The first-order chi connectivity index (χ1) is 9.62. The summed E-state index contributed by atoms with van der Waals surface area (Å²) in [6, 6.07) is 3.24. The van der Waals surface area contributed by atoms with E-state index in [2.05, 4.69) is 10.0 Å². The first-order valence-corrected chi connectivity index (χ1v) is 8.14. The molecule has 0 spiro atoms. The fourth-order valence-corrected chi connectivity index (χ4v) is 2.39. The van der Waals surface area contributed by atoms with Gasteiger partial charge in [0.15, 0.2) is 0 Å². The molecule has 9 heteroatoms. The number of nitrogens with zero attached hydrogens (tertiary/aromatic N) is 3. The van der Waals surface area contributed by atoms with Crippen LogP contribution in [0.5, 0.6) is 0 Å². The van der Waals surface area contributed by atoms with Crippen molar-refractivity contribution >= 4 is 19.4 Å². The van der Waals surface area contributed by atoms with Crippen LogP contribution in [0.2, 0.25) is 0 Å². The summed E-state index contributed by atoms with van der Waals surface area (Å²) >= 11 is 0. The molecule has 1 heterocycles. The standard InChI is InChI=1S/C12H16F4N3OP/c1-9-8-12(19-3-5-20-6-4-19)10(2)7-11(9)17-18-21(13,14,15)16/h7-8H,3-6H2,1-2H3. The van der Waals surface area contributed by atoms with Crippen molar-refractivity contribution in [3.05, 3.63) is 23.3 Å². The van der Waals surface area contributed by atoms with Gasteiger partial charge in [-0.15, -0.1) is 0 Å². The van der Waals surface area contributed by atoms with Crippen LogP contribution in [-0.2, 0) is 4.74 Å². The summed E-state index contributed by atoms with van der Waals surface area (Å²) in [5.41, 5.74) is 2.25. The Morgan fingerprint density at radius 3 is 2.24 bits per heavy atom. The third-order valence-corrected chi connectivity index (χ3v) is 3.51. The molecule has 1 aliphatic rings. The predicted octanol–water partition coefficient (Wildman–Crippen LogP) is 5.23. The summed E-state index contributed by atoms with van der Waals surface area (Å²) in [6.45, 7) is 6.08. The van der Waals surface area contributed by atoms with Gasteiger partial charge in [-0.25, -0.2) is 0 Å². The maximum absolute atomic E-state index is 12.2. The first-order valence-electron chi connectivity index (χ1n) is 6.39. The van der Waals surface area contributed by atoms with E-state index < -0.39 is 8.00 Å². The van der Waals surface area contributed by atoms with E-state index in [1.54, 1.807) is 19.9 Å². The van der Waals surface area contributed by atoms with Crippen LogP contribution in [0.3, 0.4) is 0 Å². The van der Waals surface area contributed by atoms with E-state index in [4.69, 9.17) is 4.74 Å². The summed E-state index contributed by atoms with van der Waals surface area (Å²) in [7, 11) is -7.96. The third-order valence-electron chi connectivity index (χ3n) is 3.15. The third kappa shape index (κ3) is 4.61. The van der Waals surface area contributed by atoms with Gasteiger partial charge in [0, 0.05) is 0 Å². The van der Waals surface area contributed by atoms with Gasteiger partial charge in [-0.2, -0.15) is 0 Å². The molecule has 0 bridgehead atoms. The minimum atomic E-state index is -7.96. The molecular weight excluding hydrogens is 309 g/mol. The van der Waals surface area contributed by atoms with Crippen molar-refractivity contribution in [2.45, 2.75) is 13.8 Å². The Morgan fingerprint density at radius 1 is 1.05 bits per heavy atom. The molecule has 2 rings (SSSR count). The van der Waals surface area contributed by atoms with Gasteiger partial charge in [0.25, 0.3) is 0 Å². The molecule has 0 atom stereocenters. The molecule has 0 saturated carbocycles. The van der Waals surface area contributed by atoms with Crippen molar-refractivity contribution in [3.63, 3.8) is 0 Å². The molecule has 0 unspecified atom stereocenters. The van der Waals surface area contributed by atoms with E-state index in [0.29, 0.717) is 18.8 Å². The van der Waals surface area contributed by atoms with Crippen LogP contribution in [0, 0.1) is 13.8 Å². The Morgan fingerprint density at radius 2 is 1.67 bits per heavy atom. The van der Waals surface area contributed by atoms with E-state index in [1.165, 1.54) is 6.07 Å². The fourth-order valence-electron chi connectivity index (χ4n) is 2.15. The monoisotopic (exact) mass is 325 g/mol. The van der Waals surface area contributed by atoms with Crippen molar-refractivity contribution in [2.24, 2.45) is 10.00 Å². The summed E-state index contributed by atoms with van der Waals surface area (Å²) in [4.78, 5) is 4.06. The number of hydrogen-bond acceptors (Lipinski definition) is 4. The summed E-state index contributed by atoms with van der Waals surface area (Å²) in [5.74, 6) is 0. The Balaban J connectivity index is 2.29. The van der Waals surface area contributed by atoms with Crippen molar-refractivity contribution in [3.8, 4) is 0 Å². The van der Waals surface area contributed by atoms with Gasteiger partial charge in [0.2, 0.25) is 0 Å². The van der Waals surface area contributed by atoms with Gasteiger partial charge < -0.3 is 0 Å². The Bertz CT molecular complexity index is 558. The number of morpholine rings is 1. The average Bonchev–Trinajstić information content (AvgIpc) is 2.38. The van der Waals surface area contributed by atoms with E-state index in [-0.39, 0.29) is 5.69 Å². The Kier molecular flexibility index (Phi) is 4.22. The molecule has 0 radical (unpaired) electrons. The summed E-state index contributed by atoms with van der Waals surface area (Å²) < 4.78 is 54.1. The molecule has 1 aliphatic heterocycles. The second-order valence-corrected chi connectivity index (χ2v) is 6.45. The topological polar surface area (TPSA) is 37.2 Å². The molecule has 1 aromatic carbocycles. The van der Waals surface area contributed by atoms with Gasteiger partial charge in [-0.3, -0.25) is 0 Å². The van der Waals surface area contributed by atoms with Crippen molar-refractivity contribution in [2.75, 3.05) is 31.2 Å². The molecule has 21 heavy (non-hydrogen) atoms. The van der Waals surface area contributed by atoms with Crippen LogP contribution in [0.25, 0.3) is 0 Å². The zero-order valence-corrected chi connectivity index (χ0v) is 12.6. The average molecular weight is 325 g/mol. The van der Waals surface area contributed by atoms with Gasteiger partial charge in [-0.05, 0) is 0 Å². The van der Waals surface area contributed by atoms with Crippen molar-refractivity contribution in [1.29, 1.82) is 0 Å². The van der Waals surface area contributed by atoms with Crippen LogP contribution >= 0.6 is 8.00 Å². The normalized spacial score (nSPS) is 18.8. The van der Waals surface area contributed by atoms with Gasteiger partial charge in [-0.1, -0.05) is 0 Å². The molecule has 4 nitrogen and oxygen atoms in total. The number of benzene rings is 1. The van der Waals surface area contributed by atoms with Crippen molar-refractivity contribution in [1.82, 2.24) is 0 Å². The first kappa shape index (κ1) is 16.1. The maximum atomic E-state index is 12.2.